The molecule has 0 aromatic rings. The summed E-state index contributed by atoms with van der Waals surface area (Å²) in [6.07, 6.45) is 19.4. The van der Waals surface area contributed by atoms with E-state index in [0.29, 0.717) is 11.3 Å². The second-order valence-electron chi connectivity index (χ2n) is 7.21. The van der Waals surface area contributed by atoms with Crippen molar-refractivity contribution in [3.05, 3.63) is 0 Å². The third kappa shape index (κ3) is 4.48. The van der Waals surface area contributed by atoms with Crippen molar-refractivity contribution < 1.29 is 5.11 Å². The smallest absolute Gasteiger partial charge is 0.0573 e. The quantitative estimate of drug-likeness (QED) is 0.521. The lowest BCUT2D eigenvalue weighted by atomic mass is 9.83. The molecule has 0 aliphatic heterocycles. The maximum atomic E-state index is 9.93. The van der Waals surface area contributed by atoms with Crippen LogP contribution in [0.5, 0.6) is 0 Å². The Morgan fingerprint density at radius 1 is 0.947 bits per heavy atom. The van der Waals surface area contributed by atoms with Gasteiger partial charge in [-0.3, -0.25) is 0 Å². The molecule has 0 spiro atoms. The molecule has 2 rings (SSSR count). The van der Waals surface area contributed by atoms with E-state index in [4.69, 9.17) is 0 Å². The van der Waals surface area contributed by atoms with Gasteiger partial charge in [0.1, 0.15) is 0 Å². The number of aliphatic hydroxyl groups is 1. The van der Waals surface area contributed by atoms with E-state index in [-0.39, 0.29) is 6.10 Å². The number of hydrogen-bond donors (Lipinski definition) is 1. The number of hydrogen-bond acceptors (Lipinski definition) is 1. The van der Waals surface area contributed by atoms with E-state index in [1.807, 2.05) is 0 Å². The fourth-order valence-corrected chi connectivity index (χ4v) is 4.28. The van der Waals surface area contributed by atoms with Gasteiger partial charge in [0.15, 0.2) is 0 Å². The van der Waals surface area contributed by atoms with Gasteiger partial charge in [0.25, 0.3) is 0 Å². The molecule has 0 bridgehead atoms. The Balaban J connectivity index is 1.43. The van der Waals surface area contributed by atoms with Crippen LogP contribution >= 0.6 is 0 Å². The highest BCUT2D eigenvalue weighted by molar-refractivity contribution is 5.07. The first-order valence-electron chi connectivity index (χ1n) is 8.96. The van der Waals surface area contributed by atoms with E-state index < -0.39 is 0 Å². The third-order valence-corrected chi connectivity index (χ3v) is 5.67. The van der Waals surface area contributed by atoms with Crippen molar-refractivity contribution in [2.24, 2.45) is 11.3 Å². The number of aliphatic hydroxyl groups excluding tert-OH is 1. The van der Waals surface area contributed by atoms with Crippen LogP contribution in [-0.4, -0.2) is 11.2 Å². The van der Waals surface area contributed by atoms with Gasteiger partial charge < -0.3 is 5.11 Å². The van der Waals surface area contributed by atoms with Gasteiger partial charge >= 0.3 is 0 Å². The Labute approximate surface area is 120 Å². The van der Waals surface area contributed by atoms with Crippen molar-refractivity contribution in [3.8, 4) is 0 Å². The predicted molar refractivity (Wildman–Crippen MR) is 82.2 cm³/mol. The molecule has 0 aromatic heterocycles. The van der Waals surface area contributed by atoms with E-state index in [9.17, 15) is 5.11 Å². The minimum atomic E-state index is 0.0484. The molecule has 112 valence electrons. The lowest BCUT2D eigenvalue weighted by Crippen LogP contribution is -2.21. The first-order valence-corrected chi connectivity index (χ1v) is 8.96. The Morgan fingerprint density at radius 3 is 2.26 bits per heavy atom. The fourth-order valence-electron chi connectivity index (χ4n) is 4.28. The van der Waals surface area contributed by atoms with Gasteiger partial charge in [-0.05, 0) is 37.0 Å². The summed E-state index contributed by atoms with van der Waals surface area (Å²) < 4.78 is 0. The molecule has 2 saturated carbocycles. The average Bonchev–Trinajstić information content (AvgIpc) is 3.13. The summed E-state index contributed by atoms with van der Waals surface area (Å²) in [5.74, 6) is 0.690. The molecule has 3 atom stereocenters. The molecule has 0 radical (unpaired) electrons. The largest absolute Gasteiger partial charge is 0.393 e. The van der Waals surface area contributed by atoms with Gasteiger partial charge in [-0.25, -0.2) is 0 Å². The SMILES string of the molecule is CCCCCCCCCCC[C@@]12CCC[C@@H](O)[C@@H]1C2. The summed E-state index contributed by atoms with van der Waals surface area (Å²) in [5, 5.41) is 9.93. The van der Waals surface area contributed by atoms with Crippen LogP contribution in [0.3, 0.4) is 0 Å². The molecule has 0 aromatic carbocycles. The average molecular weight is 266 g/mol. The van der Waals surface area contributed by atoms with Crippen molar-refractivity contribution in [1.29, 1.82) is 0 Å². The summed E-state index contributed by atoms with van der Waals surface area (Å²) in [6.45, 7) is 2.28. The van der Waals surface area contributed by atoms with Crippen molar-refractivity contribution in [2.75, 3.05) is 0 Å². The molecule has 0 saturated heterocycles. The standard InChI is InChI=1S/C18H34O/c1-2-3-4-5-6-7-8-9-10-13-18-14-11-12-17(19)16(18)15-18/h16-17,19H,2-15H2,1H3/t16-,17+,18-/m0/s1. The summed E-state index contributed by atoms with van der Waals surface area (Å²) in [5.41, 5.74) is 0.610. The van der Waals surface area contributed by atoms with Crippen molar-refractivity contribution in [2.45, 2.75) is 103 Å². The third-order valence-electron chi connectivity index (χ3n) is 5.67. The molecule has 1 heteroatoms. The van der Waals surface area contributed by atoms with Gasteiger partial charge in [0.05, 0.1) is 6.10 Å². The van der Waals surface area contributed by atoms with Crippen molar-refractivity contribution in [1.82, 2.24) is 0 Å². The molecule has 2 aliphatic rings. The highest BCUT2D eigenvalue weighted by atomic mass is 16.3. The Hall–Kier alpha value is -0.0400. The Bertz CT molecular complexity index is 250. The van der Waals surface area contributed by atoms with Crippen molar-refractivity contribution in [3.63, 3.8) is 0 Å². The van der Waals surface area contributed by atoms with E-state index >= 15 is 0 Å². The maximum absolute atomic E-state index is 9.93. The van der Waals surface area contributed by atoms with Crippen LogP contribution in [0.15, 0.2) is 0 Å². The van der Waals surface area contributed by atoms with E-state index in [2.05, 4.69) is 6.92 Å². The van der Waals surface area contributed by atoms with Crippen LogP contribution in [0.4, 0.5) is 0 Å². The zero-order valence-electron chi connectivity index (χ0n) is 13.0. The van der Waals surface area contributed by atoms with Crippen LogP contribution in [0.2, 0.25) is 0 Å². The Kier molecular flexibility index (Phi) is 6.19. The first kappa shape index (κ1) is 15.4. The zero-order chi connectivity index (χ0) is 13.6. The lowest BCUT2D eigenvalue weighted by Gasteiger charge is -2.25. The molecular weight excluding hydrogens is 232 g/mol. The van der Waals surface area contributed by atoms with Gasteiger partial charge in [0.2, 0.25) is 0 Å². The van der Waals surface area contributed by atoms with Crippen LogP contribution in [0, 0.1) is 11.3 Å². The number of unbranched alkanes of at least 4 members (excludes halogenated alkanes) is 8. The number of fused-ring (bicyclic) bond motifs is 1. The van der Waals surface area contributed by atoms with Crippen LogP contribution in [0.25, 0.3) is 0 Å². The van der Waals surface area contributed by atoms with Crippen LogP contribution in [-0.2, 0) is 0 Å². The Morgan fingerprint density at radius 2 is 1.58 bits per heavy atom. The molecule has 2 fully saturated rings. The molecule has 19 heavy (non-hydrogen) atoms. The van der Waals surface area contributed by atoms with Gasteiger partial charge in [0, 0.05) is 0 Å². The van der Waals surface area contributed by atoms with E-state index in [1.165, 1.54) is 83.5 Å². The molecule has 0 amide bonds. The molecule has 1 N–H and O–H groups in total. The monoisotopic (exact) mass is 266 g/mol. The summed E-state index contributed by atoms with van der Waals surface area (Å²) >= 11 is 0. The topological polar surface area (TPSA) is 20.2 Å². The van der Waals surface area contributed by atoms with Crippen LogP contribution in [0.1, 0.15) is 96.8 Å². The van der Waals surface area contributed by atoms with Gasteiger partial charge in [-0.1, -0.05) is 71.1 Å². The van der Waals surface area contributed by atoms with E-state index in [0.717, 1.165) is 6.42 Å². The molecular formula is C18H34O. The highest BCUT2D eigenvalue weighted by Gasteiger charge is 2.57. The summed E-state index contributed by atoms with van der Waals surface area (Å²) in [6, 6.07) is 0. The van der Waals surface area contributed by atoms with Gasteiger partial charge in [-0.2, -0.15) is 0 Å². The second-order valence-corrected chi connectivity index (χ2v) is 7.21. The van der Waals surface area contributed by atoms with E-state index in [1.54, 1.807) is 0 Å². The number of rotatable bonds is 10. The predicted octanol–water partition coefficient (Wildman–Crippen LogP) is 5.46. The first-order chi connectivity index (χ1) is 9.28. The normalized spacial score (nSPS) is 33.2. The molecule has 0 heterocycles. The summed E-state index contributed by atoms with van der Waals surface area (Å²) in [4.78, 5) is 0. The maximum Gasteiger partial charge on any atom is 0.0573 e. The highest BCUT2D eigenvalue weighted by Crippen LogP contribution is 2.64. The fraction of sp³-hybridized carbons (Fsp3) is 1.00. The van der Waals surface area contributed by atoms with Crippen molar-refractivity contribution >= 4 is 0 Å². The second kappa shape index (κ2) is 7.67. The molecule has 0 unspecified atom stereocenters. The lowest BCUT2D eigenvalue weighted by molar-refractivity contribution is 0.0896. The molecule has 2 aliphatic carbocycles. The van der Waals surface area contributed by atoms with Crippen LogP contribution < -0.4 is 0 Å². The minimum absolute atomic E-state index is 0.0484. The molecule has 1 nitrogen and oxygen atoms in total. The zero-order valence-corrected chi connectivity index (χ0v) is 13.0. The minimum Gasteiger partial charge on any atom is -0.393 e. The summed E-state index contributed by atoms with van der Waals surface area (Å²) in [7, 11) is 0. The van der Waals surface area contributed by atoms with Gasteiger partial charge in [-0.15, -0.1) is 0 Å².